The van der Waals surface area contributed by atoms with Crippen molar-refractivity contribution in [2.75, 3.05) is 58.0 Å². The van der Waals surface area contributed by atoms with Crippen molar-refractivity contribution in [3.05, 3.63) is 72.3 Å². The molecule has 8 amide bonds. The van der Waals surface area contributed by atoms with Gasteiger partial charge in [0.25, 0.3) is 11.8 Å². The number of esters is 2. The number of ether oxygens (including phenoxy) is 2. The molecule has 8 unspecified atom stereocenters. The summed E-state index contributed by atoms with van der Waals surface area (Å²) in [7, 11) is 5.40. The van der Waals surface area contributed by atoms with Gasteiger partial charge in [-0.3, -0.25) is 48.3 Å². The molecule has 26 heteroatoms. The number of likely N-dealkylation sites (N-methyl/N-ethyl adjacent to an activating group) is 4. The van der Waals surface area contributed by atoms with Gasteiger partial charge in [0.1, 0.15) is 72.9 Å². The summed E-state index contributed by atoms with van der Waals surface area (Å²) >= 11 is 2.42. The molecular formula is C51H64N12O12S2. The number of amides is 8. The van der Waals surface area contributed by atoms with E-state index in [-0.39, 0.29) is 28.0 Å². The Morgan fingerprint density at radius 3 is 1.26 bits per heavy atom. The zero-order chi connectivity index (χ0) is 56.4. The standard InChI is InChI=1S/C51H64N12O12S2/c1-26(2)40-50(72)74-21-36(58-42(64)34-19-52-30-15-11-13-17-32(30)56-34)44(66)54-29(6)47(69)61(8)39-24-77-25-76-23-38(48(70)62(40)9)60(7)46(68)28(5)55-45(67)37(22-75-51(73)41(27(3)4)63(10)49(39)71)59-43(65)35-20-53-31-16-12-14-18-33(31)57-35/h11-20,26-29,36-41H,21-25H2,1-10H3,(H,54,66)(H,55,67)(H,58,64)(H,59,65). The molecule has 0 radical (unpaired) electrons. The van der Waals surface area contributed by atoms with Crippen molar-refractivity contribution in [1.29, 1.82) is 0 Å². The number of para-hydroxylation sites is 4. The Kier molecular flexibility index (Phi) is 19.9. The molecule has 2 fully saturated rings. The summed E-state index contributed by atoms with van der Waals surface area (Å²) in [5.74, 6) is -9.95. The average molecular weight is 1100 g/mol. The molecule has 2 aliphatic heterocycles. The first kappa shape index (κ1) is 58.8. The van der Waals surface area contributed by atoms with E-state index < -0.39 is 133 Å². The number of fused-ring (bicyclic) bond motifs is 8. The first-order chi connectivity index (χ1) is 36.5. The van der Waals surface area contributed by atoms with Crippen molar-refractivity contribution in [3.8, 4) is 0 Å². The fourth-order valence-electron chi connectivity index (χ4n) is 8.71. The first-order valence-corrected chi connectivity index (χ1v) is 27.0. The summed E-state index contributed by atoms with van der Waals surface area (Å²) in [5.41, 5.74) is 1.39. The van der Waals surface area contributed by atoms with Gasteiger partial charge in [-0.25, -0.2) is 19.6 Å². The highest BCUT2D eigenvalue weighted by Gasteiger charge is 2.42. The van der Waals surface area contributed by atoms with Crippen LogP contribution in [0.3, 0.4) is 0 Å². The normalized spacial score (nSPS) is 24.7. The monoisotopic (exact) mass is 1100 g/mol. The van der Waals surface area contributed by atoms with Crippen LogP contribution >= 0.6 is 23.5 Å². The van der Waals surface area contributed by atoms with E-state index in [1.807, 2.05) is 0 Å². The summed E-state index contributed by atoms with van der Waals surface area (Å²) in [4.78, 5) is 165. The molecule has 0 aliphatic carbocycles. The van der Waals surface area contributed by atoms with Gasteiger partial charge < -0.3 is 50.3 Å². The molecule has 412 valence electrons. The van der Waals surface area contributed by atoms with Crippen LogP contribution in [0.4, 0.5) is 0 Å². The third-order valence-corrected chi connectivity index (χ3v) is 15.5. The number of rotatable bonds is 6. The Morgan fingerprint density at radius 2 is 0.909 bits per heavy atom. The Balaban J connectivity index is 1.39. The van der Waals surface area contributed by atoms with Crippen LogP contribution in [0.5, 0.6) is 0 Å². The second-order valence-corrected chi connectivity index (χ2v) is 21.8. The van der Waals surface area contributed by atoms with Gasteiger partial charge in [0.15, 0.2) is 0 Å². The lowest BCUT2D eigenvalue weighted by molar-refractivity contribution is -0.160. The van der Waals surface area contributed by atoms with Crippen molar-refractivity contribution >= 4 is 105 Å². The van der Waals surface area contributed by atoms with Crippen molar-refractivity contribution in [1.82, 2.24) is 60.8 Å². The maximum atomic E-state index is 14.8. The van der Waals surface area contributed by atoms with Crippen molar-refractivity contribution < 1.29 is 57.4 Å². The number of hydrogen-bond acceptors (Lipinski definition) is 18. The van der Waals surface area contributed by atoms with E-state index in [9.17, 15) is 47.9 Å². The number of carbonyl (C=O) groups excluding carboxylic acids is 10. The molecular weight excluding hydrogens is 1040 g/mol. The van der Waals surface area contributed by atoms with Gasteiger partial charge in [-0.1, -0.05) is 52.0 Å². The minimum Gasteiger partial charge on any atom is -0.461 e. The van der Waals surface area contributed by atoms with Crippen molar-refractivity contribution in [3.63, 3.8) is 0 Å². The minimum absolute atomic E-state index is 0.0727. The number of benzene rings is 2. The van der Waals surface area contributed by atoms with Gasteiger partial charge in [0, 0.05) is 44.8 Å². The summed E-state index contributed by atoms with van der Waals surface area (Å²) in [6, 6.07) is 2.25. The highest BCUT2D eigenvalue weighted by atomic mass is 32.2. The predicted molar refractivity (Wildman–Crippen MR) is 284 cm³/mol. The molecule has 2 saturated heterocycles. The SMILES string of the molecule is CC1NC(=O)C(NC(=O)c2cnc3ccccc3n2)COC(=O)C(C(C)C)N(C)C(=O)C2CSCSCC(C(=O)N(C)C(C(C)C)C(=O)OCC(NC(=O)c3cnc4ccccc4n3)C(=O)NC(C)C(=O)N2C)N(C)C1=O. The number of cyclic esters (lactones) is 2. The zero-order valence-corrected chi connectivity index (χ0v) is 46.0. The van der Waals surface area contributed by atoms with Gasteiger partial charge >= 0.3 is 11.9 Å². The molecule has 24 nitrogen and oxygen atoms in total. The van der Waals surface area contributed by atoms with Gasteiger partial charge in [-0.15, -0.1) is 23.5 Å². The molecule has 2 aliphatic rings. The summed E-state index contributed by atoms with van der Waals surface area (Å²) in [6.45, 7) is 7.75. The quantitative estimate of drug-likeness (QED) is 0.193. The lowest BCUT2D eigenvalue weighted by Gasteiger charge is -2.36. The lowest BCUT2D eigenvalue weighted by Crippen LogP contribution is -2.60. The third kappa shape index (κ3) is 14.1. The number of nitrogens with one attached hydrogen (secondary N) is 4. The lowest BCUT2D eigenvalue weighted by atomic mass is 10.0. The topological polar surface area (TPSA) is 302 Å². The molecule has 8 atom stereocenters. The number of thioether (sulfide) groups is 2. The smallest absolute Gasteiger partial charge is 0.329 e. The molecule has 0 spiro atoms. The second-order valence-electron chi connectivity index (χ2n) is 19.3. The second kappa shape index (κ2) is 26.0. The molecule has 77 heavy (non-hydrogen) atoms. The molecule has 4 heterocycles. The van der Waals surface area contributed by atoms with E-state index in [0.29, 0.717) is 22.1 Å². The Hall–Kier alpha value is -7.48. The number of aromatic nitrogens is 4. The molecule has 4 N–H and O–H groups in total. The van der Waals surface area contributed by atoms with Crippen molar-refractivity contribution in [2.24, 2.45) is 11.8 Å². The van der Waals surface area contributed by atoms with E-state index in [1.165, 1.54) is 78.0 Å². The Labute approximate surface area is 453 Å². The summed E-state index contributed by atoms with van der Waals surface area (Å²) in [5, 5.41) is 10.4. The highest BCUT2D eigenvalue weighted by Crippen LogP contribution is 2.24. The maximum absolute atomic E-state index is 14.8. The van der Waals surface area contributed by atoms with E-state index in [1.54, 1.807) is 76.2 Å². The fraction of sp³-hybridized carbons (Fsp3) is 0.490. The first-order valence-electron chi connectivity index (χ1n) is 24.7. The van der Waals surface area contributed by atoms with Crippen LogP contribution in [0, 0.1) is 11.8 Å². The van der Waals surface area contributed by atoms with Crippen LogP contribution in [-0.2, 0) is 47.8 Å². The van der Waals surface area contributed by atoms with E-state index in [4.69, 9.17) is 9.47 Å². The molecule has 2 aromatic heterocycles. The molecule has 2 aromatic carbocycles. The van der Waals surface area contributed by atoms with Gasteiger partial charge in [-0.05, 0) is 49.9 Å². The average Bonchev–Trinajstić information content (AvgIpc) is 3.40. The van der Waals surface area contributed by atoms with Gasteiger partial charge in [-0.2, -0.15) is 0 Å². The fourth-order valence-corrected chi connectivity index (χ4v) is 11.1. The third-order valence-electron chi connectivity index (χ3n) is 13.0. The largest absolute Gasteiger partial charge is 0.461 e. The molecule has 0 saturated carbocycles. The van der Waals surface area contributed by atoms with E-state index in [2.05, 4.69) is 41.2 Å². The Bertz CT molecular complexity index is 2720. The number of hydrogen-bond donors (Lipinski definition) is 4. The van der Waals surface area contributed by atoms with Gasteiger partial charge in [0.2, 0.25) is 35.4 Å². The van der Waals surface area contributed by atoms with Crippen LogP contribution in [0.25, 0.3) is 22.1 Å². The van der Waals surface area contributed by atoms with Gasteiger partial charge in [0.05, 0.1) is 34.5 Å². The van der Waals surface area contributed by atoms with E-state index >= 15 is 0 Å². The number of carbonyl (C=O) groups is 10. The van der Waals surface area contributed by atoms with Crippen LogP contribution in [0.15, 0.2) is 60.9 Å². The summed E-state index contributed by atoms with van der Waals surface area (Å²) in [6.07, 6.45) is 2.41. The molecule has 6 rings (SSSR count). The van der Waals surface area contributed by atoms with Crippen LogP contribution in [0.2, 0.25) is 0 Å². The van der Waals surface area contributed by atoms with Crippen LogP contribution in [-0.4, -0.2) is 205 Å². The highest BCUT2D eigenvalue weighted by molar-refractivity contribution is 8.16. The van der Waals surface area contributed by atoms with Crippen molar-refractivity contribution in [2.45, 2.75) is 89.9 Å². The Morgan fingerprint density at radius 1 is 0.558 bits per heavy atom. The van der Waals surface area contributed by atoms with E-state index in [0.717, 1.165) is 19.6 Å². The maximum Gasteiger partial charge on any atom is 0.329 e. The summed E-state index contributed by atoms with van der Waals surface area (Å²) < 4.78 is 11.5. The number of nitrogens with zero attached hydrogens (tertiary/aromatic N) is 8. The van der Waals surface area contributed by atoms with Crippen LogP contribution in [0.1, 0.15) is 62.5 Å². The minimum atomic E-state index is -1.66. The molecule has 2 bridgehead atoms. The van der Waals surface area contributed by atoms with Crippen LogP contribution < -0.4 is 21.3 Å². The molecule has 4 aromatic rings. The zero-order valence-electron chi connectivity index (χ0n) is 44.4. The predicted octanol–water partition coefficient (Wildman–Crippen LogP) is 0.637.